The second-order valence-corrected chi connectivity index (χ2v) is 12.4. The van der Waals surface area contributed by atoms with Gasteiger partial charge in [0.25, 0.3) is 20.2 Å². The molecule has 0 unspecified atom stereocenters. The quantitative estimate of drug-likeness (QED) is 0.174. The zero-order chi connectivity index (χ0) is 25.0. The lowest BCUT2D eigenvalue weighted by atomic mass is 9.76. The average molecular weight is 540 g/mol. The summed E-state index contributed by atoms with van der Waals surface area (Å²) < 4.78 is 68.4. The van der Waals surface area contributed by atoms with Gasteiger partial charge >= 0.3 is 12.1 Å². The van der Waals surface area contributed by atoms with E-state index in [0.717, 1.165) is 12.0 Å². The van der Waals surface area contributed by atoms with Gasteiger partial charge in [-0.05, 0) is 27.2 Å². The Balaban J connectivity index is 3.66. The number of likely N-dealkylation sites (tertiary alicyclic amines) is 1. The lowest BCUT2D eigenvalue weighted by Gasteiger charge is -2.37. The van der Waals surface area contributed by atoms with E-state index in [2.05, 4.69) is 6.58 Å². The zero-order valence-corrected chi connectivity index (χ0v) is 21.2. The lowest BCUT2D eigenvalue weighted by Crippen LogP contribution is -2.53. The number of halogens is 2. The Labute approximate surface area is 198 Å². The fourth-order valence-corrected chi connectivity index (χ4v) is 4.69. The van der Waals surface area contributed by atoms with Crippen LogP contribution in [0.4, 0.5) is 4.79 Å². The van der Waals surface area contributed by atoms with Crippen molar-refractivity contribution in [2.24, 2.45) is 5.41 Å². The minimum absolute atomic E-state index is 0.202. The number of hydrogen-bond donors (Lipinski definition) is 0. The maximum Gasteiger partial charge on any atom is 0.411 e. The molecule has 0 aromatic heterocycles. The van der Waals surface area contributed by atoms with Crippen molar-refractivity contribution in [2.75, 3.05) is 30.7 Å². The molecule has 15 heteroatoms. The van der Waals surface area contributed by atoms with Crippen molar-refractivity contribution < 1.29 is 44.3 Å². The molecule has 1 amide bonds. The minimum Gasteiger partial charge on any atom is -0.467 e. The fourth-order valence-electron chi connectivity index (χ4n) is 3.23. The van der Waals surface area contributed by atoms with Crippen molar-refractivity contribution in [1.29, 1.82) is 0 Å². The van der Waals surface area contributed by atoms with Crippen LogP contribution in [0.3, 0.4) is 0 Å². The van der Waals surface area contributed by atoms with Crippen LogP contribution in [0.2, 0.25) is 0 Å². The van der Waals surface area contributed by atoms with Gasteiger partial charge in [0.15, 0.2) is 0 Å². The number of esters is 1. The van der Waals surface area contributed by atoms with E-state index in [0.29, 0.717) is 0 Å². The third kappa shape index (κ3) is 7.19. The van der Waals surface area contributed by atoms with Crippen molar-refractivity contribution in [3.8, 4) is 0 Å². The molecule has 0 bridgehead atoms. The highest BCUT2D eigenvalue weighted by Gasteiger charge is 2.62. The van der Waals surface area contributed by atoms with E-state index in [1.807, 2.05) is 0 Å². The van der Waals surface area contributed by atoms with Crippen molar-refractivity contribution in [2.45, 2.75) is 44.9 Å². The molecule has 32 heavy (non-hydrogen) atoms. The molecule has 0 aliphatic carbocycles. The summed E-state index contributed by atoms with van der Waals surface area (Å²) in [5.41, 5.74) is -2.71. The fraction of sp³-hybridized carbons (Fsp3) is 0.765. The molecule has 0 N–H and O–H groups in total. The SMILES string of the molecule is C=CC[C@]1(COS(=O)(=O)CCl)[C@H](OS(=O)(=O)CCl)CN(C(=O)OC(C)(C)C)[C@@H]1C(=O)OC. The van der Waals surface area contributed by atoms with Crippen LogP contribution in [0.25, 0.3) is 0 Å². The van der Waals surface area contributed by atoms with E-state index in [1.165, 1.54) is 6.08 Å². The number of amides is 1. The van der Waals surface area contributed by atoms with Crippen molar-refractivity contribution in [3.63, 3.8) is 0 Å². The van der Waals surface area contributed by atoms with Crippen LogP contribution in [0.5, 0.6) is 0 Å². The number of hydrogen-bond acceptors (Lipinski definition) is 10. The Morgan fingerprint density at radius 2 is 1.72 bits per heavy atom. The molecule has 1 rings (SSSR count). The lowest BCUT2D eigenvalue weighted by molar-refractivity contribution is -0.151. The molecule has 0 spiro atoms. The van der Waals surface area contributed by atoms with Crippen LogP contribution in [-0.4, -0.2) is 82.2 Å². The number of methoxy groups -OCH3 is 1. The molecule has 0 aromatic carbocycles. The van der Waals surface area contributed by atoms with Gasteiger partial charge in [-0.3, -0.25) is 13.3 Å². The molecule has 1 fully saturated rings. The van der Waals surface area contributed by atoms with Crippen LogP contribution in [0.15, 0.2) is 12.7 Å². The van der Waals surface area contributed by atoms with E-state index >= 15 is 0 Å². The molecular weight excluding hydrogens is 513 g/mol. The first-order valence-corrected chi connectivity index (χ1v) is 13.4. The monoisotopic (exact) mass is 539 g/mol. The third-order valence-electron chi connectivity index (χ3n) is 4.47. The Bertz CT molecular complexity index is 916. The molecule has 0 saturated carbocycles. The number of alkyl halides is 2. The topological polar surface area (TPSA) is 143 Å². The zero-order valence-electron chi connectivity index (χ0n) is 18.1. The van der Waals surface area contributed by atoms with Crippen molar-refractivity contribution in [1.82, 2.24) is 4.90 Å². The number of rotatable bonds is 10. The maximum atomic E-state index is 12.9. The summed E-state index contributed by atoms with van der Waals surface area (Å²) in [6.45, 7) is 7.12. The summed E-state index contributed by atoms with van der Waals surface area (Å²) in [6, 6.07) is -1.54. The van der Waals surface area contributed by atoms with Crippen LogP contribution in [0, 0.1) is 5.41 Å². The van der Waals surface area contributed by atoms with E-state index in [9.17, 15) is 26.4 Å². The highest BCUT2D eigenvalue weighted by molar-refractivity contribution is 7.88. The minimum atomic E-state index is -4.32. The smallest absolute Gasteiger partial charge is 0.411 e. The first kappa shape index (κ1) is 28.9. The van der Waals surface area contributed by atoms with Crippen LogP contribution < -0.4 is 0 Å². The van der Waals surface area contributed by atoms with Gasteiger partial charge in [0.2, 0.25) is 0 Å². The van der Waals surface area contributed by atoms with Crippen LogP contribution in [0.1, 0.15) is 27.2 Å². The number of nitrogens with zero attached hydrogens (tertiary/aromatic N) is 1. The van der Waals surface area contributed by atoms with Gasteiger partial charge in [-0.1, -0.05) is 6.08 Å². The predicted octanol–water partition coefficient (Wildman–Crippen LogP) is 1.80. The Kier molecular flexibility index (Phi) is 9.82. The van der Waals surface area contributed by atoms with Gasteiger partial charge in [-0.15, -0.1) is 29.8 Å². The Morgan fingerprint density at radius 3 is 2.16 bits per heavy atom. The number of carbonyl (C=O) groups is 2. The highest BCUT2D eigenvalue weighted by atomic mass is 35.5. The largest absolute Gasteiger partial charge is 0.467 e. The van der Waals surface area contributed by atoms with E-state index in [1.54, 1.807) is 20.8 Å². The second kappa shape index (κ2) is 10.9. The molecule has 0 radical (unpaired) electrons. The Hall–Kier alpha value is -1.12. The van der Waals surface area contributed by atoms with Gasteiger partial charge in [0.05, 0.1) is 25.7 Å². The number of carbonyl (C=O) groups excluding carboxylic acids is 2. The van der Waals surface area contributed by atoms with Gasteiger partial charge in [-0.2, -0.15) is 16.8 Å². The van der Waals surface area contributed by atoms with Crippen LogP contribution in [-0.2, 0) is 42.9 Å². The first-order chi connectivity index (χ1) is 14.6. The average Bonchev–Trinajstić information content (AvgIpc) is 2.98. The number of allylic oxidation sites excluding steroid dienone is 1. The molecular formula is C17H27Cl2NO10S2. The molecule has 1 heterocycles. The first-order valence-electron chi connectivity index (χ1n) is 9.16. The Morgan fingerprint density at radius 1 is 1.16 bits per heavy atom. The van der Waals surface area contributed by atoms with Crippen molar-refractivity contribution in [3.05, 3.63) is 12.7 Å². The van der Waals surface area contributed by atoms with E-state index in [4.69, 9.17) is 41.0 Å². The highest BCUT2D eigenvalue weighted by Crippen LogP contribution is 2.45. The summed E-state index contributed by atoms with van der Waals surface area (Å²) in [5, 5.41) is -1.83. The maximum absolute atomic E-state index is 12.9. The molecule has 11 nitrogen and oxygen atoms in total. The third-order valence-corrected chi connectivity index (χ3v) is 7.61. The second-order valence-electron chi connectivity index (χ2n) is 7.96. The predicted molar refractivity (Wildman–Crippen MR) is 116 cm³/mol. The van der Waals surface area contributed by atoms with Crippen molar-refractivity contribution >= 4 is 55.5 Å². The van der Waals surface area contributed by atoms with E-state index < -0.39 is 79.0 Å². The van der Waals surface area contributed by atoms with Crippen LogP contribution >= 0.6 is 23.2 Å². The summed E-state index contributed by atoms with van der Waals surface area (Å²) in [4.78, 5) is 26.6. The normalized spacial score (nSPS) is 24.2. The molecule has 1 aliphatic rings. The van der Waals surface area contributed by atoms with Gasteiger partial charge in [-0.25, -0.2) is 9.59 Å². The van der Waals surface area contributed by atoms with Gasteiger partial charge < -0.3 is 9.47 Å². The van der Waals surface area contributed by atoms with Gasteiger partial charge in [0, 0.05) is 0 Å². The summed E-state index contributed by atoms with van der Waals surface area (Å²) >= 11 is 10.8. The number of ether oxygens (including phenoxy) is 2. The summed E-state index contributed by atoms with van der Waals surface area (Å²) in [7, 11) is -7.52. The molecule has 186 valence electrons. The molecule has 1 aliphatic heterocycles. The molecule has 1 saturated heterocycles. The van der Waals surface area contributed by atoms with Gasteiger partial charge in [0.1, 0.15) is 28.2 Å². The van der Waals surface area contributed by atoms with E-state index in [-0.39, 0.29) is 6.42 Å². The summed E-state index contributed by atoms with van der Waals surface area (Å²) in [6.07, 6.45) is -1.33. The molecule has 3 atom stereocenters. The standard InChI is InChI=1S/C17H27Cl2NO10S2/c1-6-7-17(9-28-31(23,24)10-18)12(30-32(25,26)11-19)8-20(13(17)14(21)27-5)15(22)29-16(2,3)4/h6,12-13H,1,7-11H2,2-5H3/t12-,13-,17+/m1/s1. The summed E-state index contributed by atoms with van der Waals surface area (Å²) in [5.74, 6) is -0.973. The molecule has 0 aromatic rings.